The Labute approximate surface area is 188 Å². The summed E-state index contributed by atoms with van der Waals surface area (Å²) < 4.78 is 45.7. The van der Waals surface area contributed by atoms with Crippen LogP contribution in [-0.2, 0) is 12.7 Å². The monoisotopic (exact) mass is 482 g/mol. The third-order valence-electron chi connectivity index (χ3n) is 4.63. The molecule has 1 fully saturated rings. The average Bonchev–Trinajstić information content (AvgIpc) is 3.06. The molecular formula is C20H20Cl3F3N2O2. The van der Waals surface area contributed by atoms with Crippen LogP contribution in [0.2, 0.25) is 10.0 Å². The fourth-order valence-electron chi connectivity index (χ4n) is 3.10. The van der Waals surface area contributed by atoms with Gasteiger partial charge in [-0.2, -0.15) is 13.2 Å². The van der Waals surface area contributed by atoms with E-state index < -0.39 is 17.6 Å². The van der Waals surface area contributed by atoms with E-state index >= 15 is 0 Å². The van der Waals surface area contributed by atoms with Gasteiger partial charge < -0.3 is 15.0 Å². The van der Waals surface area contributed by atoms with Gasteiger partial charge in [-0.1, -0.05) is 29.3 Å². The van der Waals surface area contributed by atoms with Crippen LogP contribution in [0.4, 0.5) is 13.2 Å². The number of alkyl halides is 3. The van der Waals surface area contributed by atoms with E-state index in [0.717, 1.165) is 24.7 Å². The van der Waals surface area contributed by atoms with Crippen molar-refractivity contribution in [1.82, 2.24) is 10.2 Å². The Morgan fingerprint density at radius 1 is 1.20 bits per heavy atom. The zero-order chi connectivity index (χ0) is 21.2. The fourth-order valence-corrected chi connectivity index (χ4v) is 3.42. The number of nitrogens with zero attached hydrogens (tertiary/aromatic N) is 1. The van der Waals surface area contributed by atoms with Gasteiger partial charge in [0.15, 0.2) is 0 Å². The number of carbonyl (C=O) groups excluding carboxylic acids is 1. The van der Waals surface area contributed by atoms with Crippen LogP contribution in [0.1, 0.15) is 27.9 Å². The normalized spacial score (nSPS) is 16.8. The van der Waals surface area contributed by atoms with Gasteiger partial charge in [-0.05, 0) is 49.4 Å². The molecule has 0 spiro atoms. The zero-order valence-electron chi connectivity index (χ0n) is 15.9. The fraction of sp³-hybridized carbons (Fsp3) is 0.350. The summed E-state index contributed by atoms with van der Waals surface area (Å²) in [6.07, 6.45) is -4.30. The zero-order valence-corrected chi connectivity index (χ0v) is 18.3. The first-order chi connectivity index (χ1) is 13.6. The highest BCUT2D eigenvalue weighted by molar-refractivity contribution is 6.42. The maximum Gasteiger partial charge on any atom is 0.419 e. The summed E-state index contributed by atoms with van der Waals surface area (Å²) in [5, 5.41) is 3.41. The Bertz CT molecular complexity index is 909. The molecule has 2 aromatic carbocycles. The quantitative estimate of drug-likeness (QED) is 0.615. The van der Waals surface area contributed by atoms with Crippen LogP contribution in [0.15, 0.2) is 36.4 Å². The van der Waals surface area contributed by atoms with Crippen molar-refractivity contribution in [3.63, 3.8) is 0 Å². The molecule has 0 aliphatic carbocycles. The van der Waals surface area contributed by atoms with E-state index in [9.17, 15) is 18.0 Å². The van der Waals surface area contributed by atoms with E-state index in [1.807, 2.05) is 11.9 Å². The Morgan fingerprint density at radius 2 is 1.93 bits per heavy atom. The standard InChI is InChI=1S/C20H19Cl2F3N2O2.ClH/c1-27-7-6-14(11-27)29-18-9-13(3-4-15(18)20(23,24)25)19(28)26-10-12-2-5-16(21)17(22)8-12;/h2-5,8-9,14H,6-7,10-11H2,1H3,(H,26,28);1H/t14-;/m1./s1. The smallest absolute Gasteiger partial charge is 0.419 e. The molecule has 1 amide bonds. The number of carbonyl (C=O) groups is 1. The largest absolute Gasteiger partial charge is 0.488 e. The van der Waals surface area contributed by atoms with Gasteiger partial charge in [0.05, 0.1) is 15.6 Å². The molecule has 1 aliphatic rings. The molecular weight excluding hydrogens is 464 g/mol. The molecule has 164 valence electrons. The minimum absolute atomic E-state index is 0. The topological polar surface area (TPSA) is 41.6 Å². The van der Waals surface area contributed by atoms with Crippen molar-refractivity contribution in [2.24, 2.45) is 0 Å². The molecule has 1 atom stereocenters. The number of nitrogens with one attached hydrogen (secondary N) is 1. The molecule has 0 aromatic heterocycles. The van der Waals surface area contributed by atoms with Gasteiger partial charge in [0.1, 0.15) is 11.9 Å². The molecule has 3 rings (SSSR count). The van der Waals surface area contributed by atoms with Crippen LogP contribution >= 0.6 is 35.6 Å². The van der Waals surface area contributed by atoms with E-state index in [0.29, 0.717) is 28.6 Å². The predicted molar refractivity (Wildman–Crippen MR) is 113 cm³/mol. The second-order valence-corrected chi connectivity index (χ2v) is 7.75. The summed E-state index contributed by atoms with van der Waals surface area (Å²) in [6.45, 7) is 1.43. The second-order valence-electron chi connectivity index (χ2n) is 6.93. The van der Waals surface area contributed by atoms with Gasteiger partial charge in [-0.15, -0.1) is 12.4 Å². The molecule has 0 radical (unpaired) electrons. The van der Waals surface area contributed by atoms with Crippen molar-refractivity contribution in [2.75, 3.05) is 20.1 Å². The maximum atomic E-state index is 13.4. The van der Waals surface area contributed by atoms with E-state index in [2.05, 4.69) is 5.32 Å². The first-order valence-electron chi connectivity index (χ1n) is 8.92. The van der Waals surface area contributed by atoms with Crippen LogP contribution < -0.4 is 10.1 Å². The first kappa shape index (κ1) is 24.6. The van der Waals surface area contributed by atoms with Crippen molar-refractivity contribution in [3.05, 3.63) is 63.1 Å². The van der Waals surface area contributed by atoms with Gasteiger partial charge in [0.2, 0.25) is 0 Å². The van der Waals surface area contributed by atoms with Crippen molar-refractivity contribution < 1.29 is 22.7 Å². The predicted octanol–water partition coefficient (Wildman–Crippen LogP) is 5.45. The van der Waals surface area contributed by atoms with Crippen LogP contribution in [0.25, 0.3) is 0 Å². The van der Waals surface area contributed by atoms with Crippen molar-refractivity contribution in [1.29, 1.82) is 0 Å². The van der Waals surface area contributed by atoms with Crippen molar-refractivity contribution in [3.8, 4) is 5.75 Å². The number of amides is 1. The summed E-state index contributed by atoms with van der Waals surface area (Å²) in [6, 6.07) is 8.08. The number of halogens is 6. The van der Waals surface area contributed by atoms with Gasteiger partial charge in [0.25, 0.3) is 5.91 Å². The molecule has 0 unspecified atom stereocenters. The summed E-state index contributed by atoms with van der Waals surface area (Å²) in [5.74, 6) is -0.849. The van der Waals surface area contributed by atoms with E-state index in [-0.39, 0.29) is 36.4 Å². The lowest BCUT2D eigenvalue weighted by atomic mass is 10.1. The number of ether oxygens (including phenoxy) is 1. The Balaban J connectivity index is 0.00000320. The van der Waals surface area contributed by atoms with Gasteiger partial charge >= 0.3 is 6.18 Å². The molecule has 10 heteroatoms. The SMILES string of the molecule is CN1CC[C@@H](Oc2cc(C(=O)NCc3ccc(Cl)c(Cl)c3)ccc2C(F)(F)F)C1.Cl. The molecule has 0 saturated carbocycles. The van der Waals surface area contributed by atoms with E-state index in [1.54, 1.807) is 18.2 Å². The third-order valence-corrected chi connectivity index (χ3v) is 5.37. The number of hydrogen-bond acceptors (Lipinski definition) is 3. The maximum absolute atomic E-state index is 13.4. The van der Waals surface area contributed by atoms with Gasteiger partial charge in [-0.25, -0.2) is 0 Å². The van der Waals surface area contributed by atoms with Gasteiger partial charge in [-0.3, -0.25) is 4.79 Å². The van der Waals surface area contributed by atoms with Crippen LogP contribution in [0, 0.1) is 0 Å². The molecule has 1 heterocycles. The highest BCUT2D eigenvalue weighted by Crippen LogP contribution is 2.37. The lowest BCUT2D eigenvalue weighted by molar-refractivity contribution is -0.139. The van der Waals surface area contributed by atoms with Crippen molar-refractivity contribution in [2.45, 2.75) is 25.2 Å². The molecule has 4 nitrogen and oxygen atoms in total. The van der Waals surface area contributed by atoms with E-state index in [4.69, 9.17) is 27.9 Å². The summed E-state index contributed by atoms with van der Waals surface area (Å²) >= 11 is 11.8. The third kappa shape index (κ3) is 6.17. The Hall–Kier alpha value is -1.67. The number of hydrogen-bond donors (Lipinski definition) is 1. The molecule has 30 heavy (non-hydrogen) atoms. The van der Waals surface area contributed by atoms with Crippen LogP contribution in [-0.4, -0.2) is 37.0 Å². The van der Waals surface area contributed by atoms with Crippen LogP contribution in [0.3, 0.4) is 0 Å². The second kappa shape index (κ2) is 10.1. The lowest BCUT2D eigenvalue weighted by Crippen LogP contribution is -2.25. The molecule has 1 saturated heterocycles. The number of likely N-dealkylation sites (N-methyl/N-ethyl adjacent to an activating group) is 1. The number of likely N-dealkylation sites (tertiary alicyclic amines) is 1. The minimum atomic E-state index is -4.57. The summed E-state index contributed by atoms with van der Waals surface area (Å²) in [4.78, 5) is 14.4. The van der Waals surface area contributed by atoms with Crippen LogP contribution in [0.5, 0.6) is 5.75 Å². The molecule has 0 bridgehead atoms. The first-order valence-corrected chi connectivity index (χ1v) is 9.67. The van der Waals surface area contributed by atoms with Gasteiger partial charge in [0, 0.05) is 25.2 Å². The molecule has 1 aliphatic heterocycles. The van der Waals surface area contributed by atoms with E-state index in [1.165, 1.54) is 0 Å². The van der Waals surface area contributed by atoms with Crippen molar-refractivity contribution >= 4 is 41.5 Å². The Morgan fingerprint density at radius 3 is 2.53 bits per heavy atom. The number of benzene rings is 2. The molecule has 1 N–H and O–H groups in total. The highest BCUT2D eigenvalue weighted by Gasteiger charge is 2.36. The highest BCUT2D eigenvalue weighted by atomic mass is 35.5. The Kier molecular flexibility index (Phi) is 8.27. The average molecular weight is 484 g/mol. The summed E-state index contributed by atoms with van der Waals surface area (Å²) in [7, 11) is 1.88. The lowest BCUT2D eigenvalue weighted by Gasteiger charge is -2.19. The number of rotatable bonds is 5. The minimum Gasteiger partial charge on any atom is -0.488 e. The molecule has 2 aromatic rings. The summed E-state index contributed by atoms with van der Waals surface area (Å²) in [5.41, 5.74) is -0.0994.